The molecule has 1 saturated carbocycles. The predicted octanol–water partition coefficient (Wildman–Crippen LogP) is 1.38. The molecule has 3 unspecified atom stereocenters. The Bertz CT molecular complexity index is 261. The molecule has 0 aromatic carbocycles. The van der Waals surface area contributed by atoms with Crippen molar-refractivity contribution in [1.29, 1.82) is 0 Å². The molecule has 2 aliphatic rings. The SMILES string of the molecule is CCC(CO)(CCCN1CCOC2CCCC21)NC. The number of nitrogens with one attached hydrogen (secondary N) is 1. The first kappa shape index (κ1) is 15.2. The van der Waals surface area contributed by atoms with Crippen LogP contribution in [0.1, 0.15) is 45.4 Å². The smallest absolute Gasteiger partial charge is 0.0730 e. The molecule has 1 aliphatic heterocycles. The van der Waals surface area contributed by atoms with Gasteiger partial charge in [-0.3, -0.25) is 4.90 Å². The molecule has 1 aliphatic carbocycles. The largest absolute Gasteiger partial charge is 0.394 e. The van der Waals surface area contributed by atoms with Gasteiger partial charge in [-0.2, -0.15) is 0 Å². The molecule has 0 aromatic rings. The number of rotatable bonds is 7. The molecule has 4 heteroatoms. The molecule has 0 amide bonds. The van der Waals surface area contributed by atoms with E-state index in [0.717, 1.165) is 39.0 Å². The molecule has 1 heterocycles. The number of ether oxygens (including phenoxy) is 1. The Hall–Kier alpha value is -0.160. The summed E-state index contributed by atoms with van der Waals surface area (Å²) in [5.74, 6) is 0. The Morgan fingerprint density at radius 3 is 2.95 bits per heavy atom. The minimum Gasteiger partial charge on any atom is -0.394 e. The van der Waals surface area contributed by atoms with E-state index in [-0.39, 0.29) is 12.1 Å². The monoisotopic (exact) mass is 270 g/mol. The third kappa shape index (κ3) is 3.48. The van der Waals surface area contributed by atoms with Gasteiger partial charge in [-0.25, -0.2) is 0 Å². The van der Waals surface area contributed by atoms with Crippen LogP contribution in [0.5, 0.6) is 0 Å². The standard InChI is InChI=1S/C15H30N2O2/c1-3-15(12-18,16-2)8-5-9-17-10-11-19-14-7-4-6-13(14)17/h13-14,16,18H,3-12H2,1-2H3. The number of likely N-dealkylation sites (N-methyl/N-ethyl adjacent to an activating group) is 1. The Labute approximate surface area is 117 Å². The van der Waals surface area contributed by atoms with Crippen LogP contribution in [-0.4, -0.2) is 61.0 Å². The van der Waals surface area contributed by atoms with Gasteiger partial charge in [0.1, 0.15) is 0 Å². The van der Waals surface area contributed by atoms with Gasteiger partial charge in [-0.1, -0.05) is 6.92 Å². The van der Waals surface area contributed by atoms with Gasteiger partial charge < -0.3 is 15.2 Å². The minimum absolute atomic E-state index is 0.0820. The summed E-state index contributed by atoms with van der Waals surface area (Å²) >= 11 is 0. The molecule has 19 heavy (non-hydrogen) atoms. The molecule has 0 aromatic heterocycles. The topological polar surface area (TPSA) is 44.7 Å². The summed E-state index contributed by atoms with van der Waals surface area (Å²) < 4.78 is 5.85. The fourth-order valence-corrected chi connectivity index (χ4v) is 3.65. The molecule has 3 atom stereocenters. The number of morpholine rings is 1. The third-order valence-corrected chi connectivity index (χ3v) is 5.21. The van der Waals surface area contributed by atoms with Crippen molar-refractivity contribution in [3.8, 4) is 0 Å². The number of hydrogen-bond donors (Lipinski definition) is 2. The molecule has 2 N–H and O–H groups in total. The van der Waals surface area contributed by atoms with Crippen molar-refractivity contribution in [1.82, 2.24) is 10.2 Å². The number of aliphatic hydroxyl groups is 1. The Kier molecular flexibility index (Phi) is 5.63. The maximum atomic E-state index is 9.57. The van der Waals surface area contributed by atoms with Gasteiger partial charge in [0.25, 0.3) is 0 Å². The van der Waals surface area contributed by atoms with E-state index in [4.69, 9.17) is 4.74 Å². The summed E-state index contributed by atoms with van der Waals surface area (Å²) in [6.07, 6.45) is 7.53. The first-order chi connectivity index (χ1) is 9.24. The van der Waals surface area contributed by atoms with Crippen molar-refractivity contribution < 1.29 is 9.84 Å². The van der Waals surface area contributed by atoms with E-state index in [1.807, 2.05) is 7.05 Å². The fourth-order valence-electron chi connectivity index (χ4n) is 3.65. The van der Waals surface area contributed by atoms with Gasteiger partial charge in [-0.15, -0.1) is 0 Å². The number of fused-ring (bicyclic) bond motifs is 1. The van der Waals surface area contributed by atoms with Crippen LogP contribution >= 0.6 is 0 Å². The second kappa shape index (κ2) is 7.02. The van der Waals surface area contributed by atoms with Crippen LogP contribution in [0.2, 0.25) is 0 Å². The minimum atomic E-state index is -0.0820. The number of hydrogen-bond acceptors (Lipinski definition) is 4. The third-order valence-electron chi connectivity index (χ3n) is 5.21. The Balaban J connectivity index is 1.78. The van der Waals surface area contributed by atoms with Gasteiger partial charge >= 0.3 is 0 Å². The fraction of sp³-hybridized carbons (Fsp3) is 1.00. The molecular weight excluding hydrogens is 240 g/mol. The molecule has 0 radical (unpaired) electrons. The summed E-state index contributed by atoms with van der Waals surface area (Å²) in [5.41, 5.74) is -0.0820. The first-order valence-corrected chi connectivity index (χ1v) is 7.90. The lowest BCUT2D eigenvalue weighted by Crippen LogP contribution is -2.50. The van der Waals surface area contributed by atoms with E-state index < -0.39 is 0 Å². The highest BCUT2D eigenvalue weighted by Crippen LogP contribution is 2.30. The lowest BCUT2D eigenvalue weighted by molar-refractivity contribution is -0.0565. The van der Waals surface area contributed by atoms with Crippen molar-refractivity contribution in [2.75, 3.05) is 33.4 Å². The van der Waals surface area contributed by atoms with Gasteiger partial charge in [0.15, 0.2) is 0 Å². The molecule has 2 fully saturated rings. The first-order valence-electron chi connectivity index (χ1n) is 7.90. The lowest BCUT2D eigenvalue weighted by Gasteiger charge is -2.38. The molecular formula is C15H30N2O2. The molecule has 2 rings (SSSR count). The molecule has 4 nitrogen and oxygen atoms in total. The van der Waals surface area contributed by atoms with E-state index in [2.05, 4.69) is 17.1 Å². The zero-order chi connectivity index (χ0) is 13.7. The van der Waals surface area contributed by atoms with E-state index in [1.54, 1.807) is 0 Å². The maximum absolute atomic E-state index is 9.57. The number of aliphatic hydroxyl groups excluding tert-OH is 1. The zero-order valence-electron chi connectivity index (χ0n) is 12.5. The van der Waals surface area contributed by atoms with Gasteiger partial charge in [0, 0.05) is 18.1 Å². The van der Waals surface area contributed by atoms with Gasteiger partial charge in [0.2, 0.25) is 0 Å². The van der Waals surface area contributed by atoms with Crippen LogP contribution in [0.25, 0.3) is 0 Å². The molecule has 0 bridgehead atoms. The highest BCUT2D eigenvalue weighted by molar-refractivity contribution is 4.90. The molecule has 112 valence electrons. The van der Waals surface area contributed by atoms with Crippen molar-refractivity contribution in [2.45, 2.75) is 63.1 Å². The van der Waals surface area contributed by atoms with Crippen molar-refractivity contribution in [2.24, 2.45) is 0 Å². The molecule has 0 spiro atoms. The Morgan fingerprint density at radius 1 is 1.42 bits per heavy atom. The average Bonchev–Trinajstić information content (AvgIpc) is 2.93. The summed E-state index contributed by atoms with van der Waals surface area (Å²) in [6.45, 7) is 5.50. The van der Waals surface area contributed by atoms with Crippen molar-refractivity contribution >= 4 is 0 Å². The van der Waals surface area contributed by atoms with Crippen LogP contribution < -0.4 is 5.32 Å². The van der Waals surface area contributed by atoms with Gasteiger partial charge in [0.05, 0.1) is 19.3 Å². The highest BCUT2D eigenvalue weighted by atomic mass is 16.5. The normalized spacial score (nSPS) is 31.1. The van der Waals surface area contributed by atoms with E-state index >= 15 is 0 Å². The summed E-state index contributed by atoms with van der Waals surface area (Å²) in [5, 5.41) is 12.9. The zero-order valence-corrected chi connectivity index (χ0v) is 12.5. The summed E-state index contributed by atoms with van der Waals surface area (Å²) in [6, 6.07) is 0.661. The van der Waals surface area contributed by atoms with Gasteiger partial charge in [-0.05, 0) is 52.1 Å². The van der Waals surface area contributed by atoms with Crippen molar-refractivity contribution in [3.63, 3.8) is 0 Å². The number of nitrogens with zero attached hydrogens (tertiary/aromatic N) is 1. The van der Waals surface area contributed by atoms with Crippen LogP contribution in [0, 0.1) is 0 Å². The second-order valence-electron chi connectivity index (χ2n) is 6.09. The summed E-state index contributed by atoms with van der Waals surface area (Å²) in [7, 11) is 1.96. The van der Waals surface area contributed by atoms with E-state index in [0.29, 0.717) is 12.1 Å². The van der Waals surface area contributed by atoms with Crippen LogP contribution in [0.15, 0.2) is 0 Å². The maximum Gasteiger partial charge on any atom is 0.0730 e. The van der Waals surface area contributed by atoms with Crippen LogP contribution in [-0.2, 0) is 4.74 Å². The second-order valence-corrected chi connectivity index (χ2v) is 6.09. The van der Waals surface area contributed by atoms with E-state index in [9.17, 15) is 5.11 Å². The average molecular weight is 270 g/mol. The van der Waals surface area contributed by atoms with Crippen LogP contribution in [0.4, 0.5) is 0 Å². The quantitative estimate of drug-likeness (QED) is 0.733. The van der Waals surface area contributed by atoms with Crippen molar-refractivity contribution in [3.05, 3.63) is 0 Å². The lowest BCUT2D eigenvalue weighted by atomic mass is 9.91. The van der Waals surface area contributed by atoms with E-state index in [1.165, 1.54) is 19.3 Å². The molecule has 1 saturated heterocycles. The summed E-state index contributed by atoms with van der Waals surface area (Å²) in [4.78, 5) is 2.62. The highest BCUT2D eigenvalue weighted by Gasteiger charge is 2.36. The Morgan fingerprint density at radius 2 is 2.26 bits per heavy atom. The van der Waals surface area contributed by atoms with Crippen LogP contribution in [0.3, 0.4) is 0 Å². The predicted molar refractivity (Wildman–Crippen MR) is 77.4 cm³/mol.